The lowest BCUT2D eigenvalue weighted by Crippen LogP contribution is -2.26. The molecular weight excluding hydrogens is 340 g/mol. The molecule has 4 nitrogen and oxygen atoms in total. The summed E-state index contributed by atoms with van der Waals surface area (Å²) >= 11 is 1.96. The van der Waals surface area contributed by atoms with E-state index in [4.69, 9.17) is 9.97 Å². The number of hydrogen-bond acceptors (Lipinski definition) is 5. The van der Waals surface area contributed by atoms with Gasteiger partial charge >= 0.3 is 0 Å². The molecule has 0 spiro atoms. The van der Waals surface area contributed by atoms with Gasteiger partial charge in [0.15, 0.2) is 0 Å². The third-order valence-corrected chi connectivity index (χ3v) is 6.98. The van der Waals surface area contributed by atoms with E-state index in [1.54, 1.807) is 0 Å². The largest absolute Gasteiger partial charge is 0.371 e. The quantitative estimate of drug-likeness (QED) is 0.831. The lowest BCUT2D eigenvalue weighted by atomic mass is 10.1. The number of aromatic nitrogens is 2. The van der Waals surface area contributed by atoms with Gasteiger partial charge in [-0.25, -0.2) is 9.97 Å². The Labute approximate surface area is 158 Å². The third kappa shape index (κ3) is 2.94. The van der Waals surface area contributed by atoms with Gasteiger partial charge in [-0.2, -0.15) is 0 Å². The highest BCUT2D eigenvalue weighted by Crippen LogP contribution is 2.35. The average Bonchev–Trinajstić information content (AvgIpc) is 3.19. The first-order chi connectivity index (χ1) is 12.8. The molecule has 4 heterocycles. The van der Waals surface area contributed by atoms with Gasteiger partial charge in [-0.3, -0.25) is 0 Å². The summed E-state index contributed by atoms with van der Waals surface area (Å²) in [5, 5.41) is 1.35. The molecule has 2 aromatic heterocycles. The fourth-order valence-electron chi connectivity index (χ4n) is 4.08. The van der Waals surface area contributed by atoms with Crippen molar-refractivity contribution in [3.8, 4) is 0 Å². The van der Waals surface area contributed by atoms with Crippen molar-refractivity contribution in [2.45, 2.75) is 32.1 Å². The minimum Gasteiger partial charge on any atom is -0.371 e. The van der Waals surface area contributed by atoms with Gasteiger partial charge < -0.3 is 9.80 Å². The van der Waals surface area contributed by atoms with Gasteiger partial charge in [-0.1, -0.05) is 12.1 Å². The van der Waals surface area contributed by atoms with E-state index in [2.05, 4.69) is 53.2 Å². The lowest BCUT2D eigenvalue weighted by molar-refractivity contribution is 0.369. The van der Waals surface area contributed by atoms with Crippen LogP contribution in [0.15, 0.2) is 42.1 Å². The summed E-state index contributed by atoms with van der Waals surface area (Å²) in [5.41, 5.74) is 3.83. The van der Waals surface area contributed by atoms with Gasteiger partial charge in [0.05, 0.1) is 10.7 Å². The van der Waals surface area contributed by atoms with Crippen LogP contribution in [0.4, 0.5) is 5.82 Å². The summed E-state index contributed by atoms with van der Waals surface area (Å²) in [6.45, 7) is 6.41. The highest BCUT2D eigenvalue weighted by molar-refractivity contribution is 7.11. The first-order valence-electron chi connectivity index (χ1n) is 9.57. The maximum atomic E-state index is 5.08. The number of pyridine rings is 1. The van der Waals surface area contributed by atoms with Crippen LogP contribution in [0.1, 0.15) is 33.6 Å². The number of thiazole rings is 1. The molecule has 1 unspecified atom stereocenters. The van der Waals surface area contributed by atoms with Crippen molar-refractivity contribution < 1.29 is 0 Å². The lowest BCUT2D eigenvalue weighted by Gasteiger charge is -2.26. The minimum atomic E-state index is 0.558. The Balaban J connectivity index is 1.28. The fourth-order valence-corrected chi connectivity index (χ4v) is 5.31. The monoisotopic (exact) mass is 364 g/mol. The van der Waals surface area contributed by atoms with E-state index in [9.17, 15) is 0 Å². The summed E-state index contributed by atoms with van der Waals surface area (Å²) in [5.74, 6) is 1.67. The topological polar surface area (TPSA) is 32.3 Å². The molecular formula is C21H24N4S. The van der Waals surface area contributed by atoms with Crippen molar-refractivity contribution >= 4 is 17.2 Å². The molecule has 0 aromatic carbocycles. The maximum Gasteiger partial charge on any atom is 0.128 e. The highest BCUT2D eigenvalue weighted by Gasteiger charge is 2.29. The van der Waals surface area contributed by atoms with E-state index in [-0.39, 0.29) is 0 Å². The second-order valence-electron chi connectivity index (χ2n) is 7.43. The van der Waals surface area contributed by atoms with Crippen molar-refractivity contribution in [2.75, 3.05) is 31.1 Å². The van der Waals surface area contributed by atoms with Crippen molar-refractivity contribution in [2.24, 2.45) is 0 Å². The third-order valence-electron chi connectivity index (χ3n) is 5.66. The molecule has 5 heteroatoms. The Morgan fingerprint density at radius 3 is 2.77 bits per heavy atom. The van der Waals surface area contributed by atoms with E-state index in [0.29, 0.717) is 5.92 Å². The second kappa shape index (κ2) is 6.54. The Morgan fingerprint density at radius 2 is 1.96 bits per heavy atom. The predicted octanol–water partition coefficient (Wildman–Crippen LogP) is 3.69. The maximum absolute atomic E-state index is 5.08. The van der Waals surface area contributed by atoms with Crippen molar-refractivity contribution in [3.63, 3.8) is 0 Å². The molecule has 26 heavy (non-hydrogen) atoms. The number of hydrogen-bond donors (Lipinski definition) is 0. The Bertz CT molecular complexity index is 856. The molecule has 2 aliphatic heterocycles. The van der Waals surface area contributed by atoms with Crippen LogP contribution in [0.3, 0.4) is 0 Å². The predicted molar refractivity (Wildman–Crippen MR) is 107 cm³/mol. The first-order valence-corrected chi connectivity index (χ1v) is 10.4. The van der Waals surface area contributed by atoms with E-state index >= 15 is 0 Å². The summed E-state index contributed by atoms with van der Waals surface area (Å²) in [7, 11) is 0. The number of aryl methyl sites for hydroxylation is 1. The normalized spacial score (nSPS) is 22.0. The summed E-state index contributed by atoms with van der Waals surface area (Å²) < 4.78 is 0. The Kier molecular flexibility index (Phi) is 4.04. The molecule has 0 amide bonds. The second-order valence-corrected chi connectivity index (χ2v) is 8.54. The van der Waals surface area contributed by atoms with Crippen LogP contribution in [0.2, 0.25) is 0 Å². The molecule has 1 fully saturated rings. The zero-order chi connectivity index (χ0) is 17.5. The van der Waals surface area contributed by atoms with Gasteiger partial charge in [0, 0.05) is 61.2 Å². The molecule has 0 radical (unpaired) electrons. The molecule has 3 aliphatic rings. The Morgan fingerprint density at radius 1 is 1.08 bits per heavy atom. The smallest absolute Gasteiger partial charge is 0.128 e. The molecule has 5 rings (SSSR count). The number of rotatable bonds is 3. The van der Waals surface area contributed by atoms with Crippen molar-refractivity contribution in [1.82, 2.24) is 14.9 Å². The highest BCUT2D eigenvalue weighted by atomic mass is 32.1. The fraction of sp³-hybridized carbons (Fsp3) is 0.429. The van der Waals surface area contributed by atoms with E-state index in [0.717, 1.165) is 50.5 Å². The van der Waals surface area contributed by atoms with Crippen LogP contribution in [0.5, 0.6) is 0 Å². The number of allylic oxidation sites excluding steroid dienone is 3. The molecule has 0 saturated carbocycles. The van der Waals surface area contributed by atoms with Crippen LogP contribution < -0.4 is 4.90 Å². The SMILES string of the molecule is Cc1cccc(N2CCC(c3nc4c(s3)CCN(C3=CC=C3)CC4)C2)n1. The van der Waals surface area contributed by atoms with Crippen molar-refractivity contribution in [1.29, 1.82) is 0 Å². The van der Waals surface area contributed by atoms with Gasteiger partial charge in [-0.15, -0.1) is 11.3 Å². The minimum absolute atomic E-state index is 0.558. The van der Waals surface area contributed by atoms with Crippen molar-refractivity contribution in [3.05, 3.63) is 63.4 Å². The standard InChI is InChI=1S/C21H24N4S/c1-15-4-2-7-20(22-15)25-11-8-16(14-25)21-23-18-9-12-24(17-5-3-6-17)13-10-19(18)26-21/h2-7,16H,8-14H2,1H3. The molecule has 1 aliphatic carbocycles. The molecule has 134 valence electrons. The van der Waals surface area contributed by atoms with E-state index in [1.165, 1.54) is 27.7 Å². The molecule has 1 atom stereocenters. The number of anilines is 1. The number of fused-ring (bicyclic) bond motifs is 1. The van der Waals surface area contributed by atoms with Crippen LogP contribution in [0, 0.1) is 6.92 Å². The van der Waals surface area contributed by atoms with Crippen LogP contribution in [0.25, 0.3) is 0 Å². The molecule has 1 saturated heterocycles. The summed E-state index contributed by atoms with van der Waals surface area (Å²) in [6, 6.07) is 6.30. The van der Waals surface area contributed by atoms with Gasteiger partial charge in [0.2, 0.25) is 0 Å². The zero-order valence-corrected chi connectivity index (χ0v) is 16.0. The molecule has 0 bridgehead atoms. The molecule has 0 N–H and O–H groups in total. The Hall–Kier alpha value is -2.14. The van der Waals surface area contributed by atoms with Gasteiger partial charge in [0.25, 0.3) is 0 Å². The van der Waals surface area contributed by atoms with Crippen LogP contribution in [-0.4, -0.2) is 41.0 Å². The van der Waals surface area contributed by atoms with Crippen LogP contribution in [-0.2, 0) is 12.8 Å². The summed E-state index contributed by atoms with van der Waals surface area (Å²) in [4.78, 5) is 16.2. The van der Waals surface area contributed by atoms with E-state index in [1.807, 2.05) is 11.3 Å². The molecule has 2 aromatic rings. The van der Waals surface area contributed by atoms with Gasteiger partial charge in [-0.05, 0) is 37.6 Å². The average molecular weight is 365 g/mol. The number of nitrogens with zero attached hydrogens (tertiary/aromatic N) is 4. The zero-order valence-electron chi connectivity index (χ0n) is 15.2. The van der Waals surface area contributed by atoms with E-state index < -0.39 is 0 Å². The van der Waals surface area contributed by atoms with Crippen LogP contribution >= 0.6 is 11.3 Å². The summed E-state index contributed by atoms with van der Waals surface area (Å²) in [6.07, 6.45) is 9.95. The first kappa shape index (κ1) is 16.1. The van der Waals surface area contributed by atoms with Gasteiger partial charge in [0.1, 0.15) is 5.82 Å².